The molecule has 2 saturated carbocycles. The fraction of sp³-hybridized carbons (Fsp3) is 0.944. The number of halogens is 1. The van der Waals surface area contributed by atoms with Crippen LogP contribution in [-0.4, -0.2) is 48.2 Å². The molecule has 2 N–H and O–H groups in total. The molecule has 3 aliphatic rings. The molecule has 5 heteroatoms. The predicted octanol–water partition coefficient (Wildman–Crippen LogP) is 3.39. The summed E-state index contributed by atoms with van der Waals surface area (Å²) in [6.45, 7) is 6.19. The number of aliphatic hydroxyl groups is 1. The van der Waals surface area contributed by atoms with Crippen molar-refractivity contribution in [3.05, 3.63) is 0 Å². The van der Waals surface area contributed by atoms with Crippen molar-refractivity contribution in [1.82, 2.24) is 10.2 Å². The van der Waals surface area contributed by atoms with E-state index < -0.39 is 0 Å². The molecule has 2 atom stereocenters. The van der Waals surface area contributed by atoms with Gasteiger partial charge in [0.25, 0.3) is 0 Å². The second kappa shape index (κ2) is 8.88. The SMILES string of the molecule is CCNC(=NCC1CCCC1O)N1CCC2(CCCCC2)C1.I. The van der Waals surface area contributed by atoms with Gasteiger partial charge in [0, 0.05) is 32.1 Å². The van der Waals surface area contributed by atoms with E-state index in [-0.39, 0.29) is 30.1 Å². The van der Waals surface area contributed by atoms with Crippen LogP contribution in [0, 0.1) is 11.3 Å². The lowest BCUT2D eigenvalue weighted by Crippen LogP contribution is -2.42. The van der Waals surface area contributed by atoms with Crippen molar-refractivity contribution < 1.29 is 5.11 Å². The lowest BCUT2D eigenvalue weighted by atomic mass is 9.73. The van der Waals surface area contributed by atoms with Crippen LogP contribution in [0.5, 0.6) is 0 Å². The molecule has 1 heterocycles. The zero-order valence-electron chi connectivity index (χ0n) is 14.6. The largest absolute Gasteiger partial charge is 0.393 e. The third kappa shape index (κ3) is 4.74. The topological polar surface area (TPSA) is 47.9 Å². The zero-order valence-corrected chi connectivity index (χ0v) is 16.9. The van der Waals surface area contributed by atoms with Gasteiger partial charge >= 0.3 is 0 Å². The monoisotopic (exact) mass is 435 g/mol. The highest BCUT2D eigenvalue weighted by Crippen LogP contribution is 2.43. The van der Waals surface area contributed by atoms with Crippen molar-refractivity contribution in [2.75, 3.05) is 26.2 Å². The molecule has 2 unspecified atom stereocenters. The van der Waals surface area contributed by atoms with Crippen molar-refractivity contribution >= 4 is 29.9 Å². The first kappa shape index (κ1) is 19.3. The number of aliphatic hydroxyl groups excluding tert-OH is 1. The van der Waals surface area contributed by atoms with E-state index in [0.29, 0.717) is 11.3 Å². The Morgan fingerprint density at radius 1 is 1.17 bits per heavy atom. The molecular formula is C18H34IN3O. The van der Waals surface area contributed by atoms with E-state index in [0.717, 1.165) is 44.9 Å². The summed E-state index contributed by atoms with van der Waals surface area (Å²) in [6, 6.07) is 0. The predicted molar refractivity (Wildman–Crippen MR) is 106 cm³/mol. The normalized spacial score (nSPS) is 30.5. The first-order valence-corrected chi connectivity index (χ1v) is 9.44. The van der Waals surface area contributed by atoms with Crippen molar-refractivity contribution in [1.29, 1.82) is 0 Å². The number of aliphatic imine (C=N–C) groups is 1. The minimum Gasteiger partial charge on any atom is -0.393 e. The quantitative estimate of drug-likeness (QED) is 0.406. The summed E-state index contributed by atoms with van der Waals surface area (Å²) in [5.74, 6) is 1.46. The summed E-state index contributed by atoms with van der Waals surface area (Å²) in [5, 5.41) is 13.5. The van der Waals surface area contributed by atoms with Gasteiger partial charge in [0.15, 0.2) is 5.96 Å². The molecule has 1 spiro atoms. The molecule has 3 rings (SSSR count). The van der Waals surface area contributed by atoms with E-state index >= 15 is 0 Å². The molecule has 4 nitrogen and oxygen atoms in total. The summed E-state index contributed by atoms with van der Waals surface area (Å²) < 4.78 is 0. The average molecular weight is 435 g/mol. The van der Waals surface area contributed by atoms with Crippen molar-refractivity contribution in [3.63, 3.8) is 0 Å². The van der Waals surface area contributed by atoms with Crippen LogP contribution in [0.4, 0.5) is 0 Å². The van der Waals surface area contributed by atoms with Gasteiger partial charge in [-0.25, -0.2) is 0 Å². The Balaban J connectivity index is 0.00000192. The van der Waals surface area contributed by atoms with Crippen LogP contribution in [0.1, 0.15) is 64.7 Å². The molecular weight excluding hydrogens is 401 g/mol. The van der Waals surface area contributed by atoms with Gasteiger partial charge in [-0.1, -0.05) is 25.7 Å². The molecule has 0 aromatic heterocycles. The van der Waals surface area contributed by atoms with Crippen LogP contribution in [0.2, 0.25) is 0 Å². The van der Waals surface area contributed by atoms with Gasteiger partial charge in [0.2, 0.25) is 0 Å². The summed E-state index contributed by atoms with van der Waals surface area (Å²) in [5.41, 5.74) is 0.571. The Kier molecular flexibility index (Phi) is 7.45. The van der Waals surface area contributed by atoms with Crippen LogP contribution in [0.3, 0.4) is 0 Å². The Morgan fingerprint density at radius 2 is 1.96 bits per heavy atom. The summed E-state index contributed by atoms with van der Waals surface area (Å²) in [4.78, 5) is 7.36. The average Bonchev–Trinajstić information content (AvgIpc) is 3.12. The standard InChI is InChI=1S/C18H33N3O.HI/c1-2-19-17(20-13-15-7-6-8-16(15)22)21-12-11-18(14-21)9-4-3-5-10-18;/h15-16,22H,2-14H2,1H3,(H,19,20);1H. The van der Waals surface area contributed by atoms with E-state index in [9.17, 15) is 5.11 Å². The van der Waals surface area contributed by atoms with E-state index in [2.05, 4.69) is 17.1 Å². The molecule has 1 saturated heterocycles. The number of hydrogen-bond donors (Lipinski definition) is 2. The molecule has 0 amide bonds. The Hall–Kier alpha value is -0.0400. The maximum atomic E-state index is 9.99. The number of nitrogens with one attached hydrogen (secondary N) is 1. The fourth-order valence-electron chi connectivity index (χ4n) is 4.69. The highest BCUT2D eigenvalue weighted by molar-refractivity contribution is 14.0. The summed E-state index contributed by atoms with van der Waals surface area (Å²) >= 11 is 0. The number of rotatable bonds is 3. The van der Waals surface area contributed by atoms with Crippen molar-refractivity contribution in [2.24, 2.45) is 16.3 Å². The molecule has 0 aromatic rings. The van der Waals surface area contributed by atoms with Gasteiger partial charge in [-0.3, -0.25) is 4.99 Å². The van der Waals surface area contributed by atoms with Crippen LogP contribution >= 0.6 is 24.0 Å². The number of guanidine groups is 1. The molecule has 0 aromatic carbocycles. The molecule has 23 heavy (non-hydrogen) atoms. The molecule has 134 valence electrons. The van der Waals surface area contributed by atoms with Crippen LogP contribution in [-0.2, 0) is 0 Å². The van der Waals surface area contributed by atoms with Gasteiger partial charge in [-0.15, -0.1) is 24.0 Å². The van der Waals surface area contributed by atoms with E-state index in [1.54, 1.807) is 0 Å². The Labute approximate surface area is 158 Å². The van der Waals surface area contributed by atoms with Gasteiger partial charge in [-0.2, -0.15) is 0 Å². The van der Waals surface area contributed by atoms with E-state index in [1.807, 2.05) is 0 Å². The number of nitrogens with zero attached hydrogens (tertiary/aromatic N) is 2. The highest BCUT2D eigenvalue weighted by atomic mass is 127. The van der Waals surface area contributed by atoms with Gasteiger partial charge in [0.05, 0.1) is 6.10 Å². The molecule has 3 fully saturated rings. The van der Waals surface area contributed by atoms with Gasteiger partial charge in [0.1, 0.15) is 0 Å². The third-order valence-electron chi connectivity index (χ3n) is 6.08. The lowest BCUT2D eigenvalue weighted by molar-refractivity contribution is 0.136. The second-order valence-electron chi connectivity index (χ2n) is 7.69. The maximum absolute atomic E-state index is 9.99. The Morgan fingerprint density at radius 3 is 2.61 bits per heavy atom. The Bertz CT molecular complexity index is 396. The zero-order chi connectivity index (χ0) is 15.4. The number of hydrogen-bond acceptors (Lipinski definition) is 2. The van der Waals surface area contributed by atoms with Crippen molar-refractivity contribution in [3.8, 4) is 0 Å². The van der Waals surface area contributed by atoms with E-state index in [1.165, 1.54) is 45.1 Å². The molecule has 1 aliphatic heterocycles. The van der Waals surface area contributed by atoms with Crippen molar-refractivity contribution in [2.45, 2.75) is 70.8 Å². The molecule has 0 radical (unpaired) electrons. The maximum Gasteiger partial charge on any atom is 0.193 e. The fourth-order valence-corrected chi connectivity index (χ4v) is 4.69. The van der Waals surface area contributed by atoms with Gasteiger partial charge in [-0.05, 0) is 44.4 Å². The summed E-state index contributed by atoms with van der Waals surface area (Å²) in [7, 11) is 0. The number of likely N-dealkylation sites (tertiary alicyclic amines) is 1. The van der Waals surface area contributed by atoms with Gasteiger partial charge < -0.3 is 15.3 Å². The van der Waals surface area contributed by atoms with Crippen LogP contribution in [0.25, 0.3) is 0 Å². The highest BCUT2D eigenvalue weighted by Gasteiger charge is 2.39. The van der Waals surface area contributed by atoms with Crippen LogP contribution in [0.15, 0.2) is 4.99 Å². The van der Waals surface area contributed by atoms with E-state index in [4.69, 9.17) is 4.99 Å². The first-order valence-electron chi connectivity index (χ1n) is 9.44. The third-order valence-corrected chi connectivity index (χ3v) is 6.08. The first-order chi connectivity index (χ1) is 10.7. The lowest BCUT2D eigenvalue weighted by Gasteiger charge is -2.33. The minimum absolute atomic E-state index is 0. The minimum atomic E-state index is -0.130. The second-order valence-corrected chi connectivity index (χ2v) is 7.69. The molecule has 0 bridgehead atoms. The smallest absolute Gasteiger partial charge is 0.193 e. The van der Waals surface area contributed by atoms with Crippen LogP contribution < -0.4 is 5.32 Å². The summed E-state index contributed by atoms with van der Waals surface area (Å²) in [6.07, 6.45) is 11.5. The molecule has 2 aliphatic carbocycles.